The quantitative estimate of drug-likeness (QED) is 0.253. The molecule has 0 radical (unpaired) electrons. The van der Waals surface area contributed by atoms with Crippen LogP contribution in [0.1, 0.15) is 22.3 Å². The second-order valence-corrected chi connectivity index (χ2v) is 10.7. The summed E-state index contributed by atoms with van der Waals surface area (Å²) in [5.74, 6) is -7.67. The van der Waals surface area contributed by atoms with Crippen LogP contribution in [-0.2, 0) is 20.8 Å². The van der Waals surface area contributed by atoms with Gasteiger partial charge in [0, 0.05) is 17.2 Å². The Hall–Kier alpha value is -4.52. The monoisotopic (exact) mass is 563 g/mol. The molecule has 0 saturated heterocycles. The van der Waals surface area contributed by atoms with Crippen LogP contribution in [-0.4, -0.2) is 86.2 Å². The molecule has 0 fully saturated rings. The van der Waals surface area contributed by atoms with Crippen molar-refractivity contribution in [2.24, 2.45) is 17.6 Å². The molecule has 3 aliphatic carbocycles. The first-order chi connectivity index (χ1) is 19.3. The number of hydrogen-bond acceptors (Lipinski definition) is 10. The molecule has 5 rings (SSSR count). The van der Waals surface area contributed by atoms with Gasteiger partial charge >= 0.3 is 0 Å². The van der Waals surface area contributed by atoms with Crippen molar-refractivity contribution in [1.29, 1.82) is 0 Å². The van der Waals surface area contributed by atoms with Crippen LogP contribution in [0.5, 0.6) is 5.75 Å². The molecule has 0 aliphatic heterocycles. The van der Waals surface area contributed by atoms with E-state index in [-0.39, 0.29) is 29.7 Å². The van der Waals surface area contributed by atoms with Gasteiger partial charge in [0.2, 0.25) is 11.7 Å². The number of carbonyl (C=O) groups excluding carboxylic acids is 4. The van der Waals surface area contributed by atoms with Crippen molar-refractivity contribution in [2.45, 2.75) is 24.5 Å². The molecule has 41 heavy (non-hydrogen) atoms. The summed E-state index contributed by atoms with van der Waals surface area (Å²) in [5.41, 5.74) is 3.65. The SMILES string of the molecule is CN(C)[C@@H]1C(O)=C(C(N)=O)C(=O)[C@@]2(O)C(O)=C3C(=O)c4c(O)ccc(-c5ccc(NC(=O)CO)cc5)c4C[C@H]3C[C@@H]12. The average Bonchev–Trinajstić information content (AvgIpc) is 2.91. The zero-order valence-electron chi connectivity index (χ0n) is 22.2. The fourth-order valence-corrected chi connectivity index (χ4v) is 6.45. The summed E-state index contributed by atoms with van der Waals surface area (Å²) in [4.78, 5) is 52.3. The number of hydrogen-bond donors (Lipinski definition) is 7. The lowest BCUT2D eigenvalue weighted by molar-refractivity contribution is -0.148. The van der Waals surface area contributed by atoms with Gasteiger partial charge in [-0.2, -0.15) is 0 Å². The Balaban J connectivity index is 1.64. The molecule has 2 aromatic carbocycles. The van der Waals surface area contributed by atoms with Gasteiger partial charge in [-0.1, -0.05) is 18.2 Å². The van der Waals surface area contributed by atoms with Crippen LogP contribution < -0.4 is 11.1 Å². The molecule has 0 spiro atoms. The van der Waals surface area contributed by atoms with Crippen molar-refractivity contribution >= 4 is 29.1 Å². The number of nitrogens with zero attached hydrogens (tertiary/aromatic N) is 1. The Morgan fingerprint density at radius 1 is 1.07 bits per heavy atom. The van der Waals surface area contributed by atoms with Crippen molar-refractivity contribution in [3.05, 3.63) is 70.2 Å². The van der Waals surface area contributed by atoms with Crippen molar-refractivity contribution in [2.75, 3.05) is 26.0 Å². The number of aliphatic hydroxyl groups is 4. The number of allylic oxidation sites excluding steroid dienone is 1. The Bertz CT molecular complexity index is 1570. The van der Waals surface area contributed by atoms with Crippen molar-refractivity contribution < 1.29 is 44.7 Å². The summed E-state index contributed by atoms with van der Waals surface area (Å²) in [6.45, 7) is -0.673. The van der Waals surface area contributed by atoms with Crippen LogP contribution in [0.2, 0.25) is 0 Å². The molecule has 0 heterocycles. The van der Waals surface area contributed by atoms with Gasteiger partial charge in [-0.25, -0.2) is 0 Å². The highest BCUT2D eigenvalue weighted by Crippen LogP contribution is 2.53. The predicted octanol–water partition coefficient (Wildman–Crippen LogP) is 0.718. The Labute approximate surface area is 234 Å². The Morgan fingerprint density at radius 2 is 1.73 bits per heavy atom. The summed E-state index contributed by atoms with van der Waals surface area (Å²) in [6.07, 6.45) is 0.119. The number of rotatable bonds is 5. The van der Waals surface area contributed by atoms with E-state index in [0.717, 1.165) is 0 Å². The number of anilines is 1. The molecular formula is C29H29N3O9. The lowest BCUT2D eigenvalue weighted by atomic mass is 9.58. The van der Waals surface area contributed by atoms with Gasteiger partial charge in [0.25, 0.3) is 5.91 Å². The maximum Gasteiger partial charge on any atom is 0.255 e. The van der Waals surface area contributed by atoms with Crippen LogP contribution in [0.4, 0.5) is 5.69 Å². The molecule has 0 aromatic heterocycles. The first-order valence-corrected chi connectivity index (χ1v) is 12.8. The van der Waals surface area contributed by atoms with E-state index in [1.807, 2.05) is 0 Å². The van der Waals surface area contributed by atoms with E-state index in [4.69, 9.17) is 10.8 Å². The fourth-order valence-electron chi connectivity index (χ4n) is 6.45. The van der Waals surface area contributed by atoms with Crippen LogP contribution in [0.15, 0.2) is 59.1 Å². The number of phenols is 1. The minimum atomic E-state index is -2.70. The number of nitrogens with two attached hydrogens (primary N) is 1. The second kappa shape index (κ2) is 9.84. The summed E-state index contributed by atoms with van der Waals surface area (Å²) < 4.78 is 0. The summed E-state index contributed by atoms with van der Waals surface area (Å²) in [5, 5.41) is 56.2. The van der Waals surface area contributed by atoms with E-state index in [1.165, 1.54) is 11.0 Å². The van der Waals surface area contributed by atoms with E-state index in [1.54, 1.807) is 44.4 Å². The lowest BCUT2D eigenvalue weighted by Crippen LogP contribution is -2.63. The van der Waals surface area contributed by atoms with Crippen molar-refractivity contribution in [3.63, 3.8) is 0 Å². The molecule has 0 unspecified atom stereocenters. The number of amides is 2. The van der Waals surface area contributed by atoms with Gasteiger partial charge in [-0.05, 0) is 67.7 Å². The highest BCUT2D eigenvalue weighted by Gasteiger charge is 2.63. The number of nitrogens with one attached hydrogen (secondary N) is 1. The number of fused-ring (bicyclic) bond motifs is 3. The van der Waals surface area contributed by atoms with E-state index in [2.05, 4.69) is 5.32 Å². The van der Waals surface area contributed by atoms with E-state index < -0.39 is 70.6 Å². The van der Waals surface area contributed by atoms with Crippen molar-refractivity contribution in [1.82, 2.24) is 4.90 Å². The van der Waals surface area contributed by atoms with Crippen LogP contribution in [0, 0.1) is 11.8 Å². The number of ketones is 2. The number of carbonyl (C=O) groups is 4. The highest BCUT2D eigenvalue weighted by molar-refractivity contribution is 6.25. The molecule has 4 atom stereocenters. The molecule has 0 saturated carbocycles. The number of aromatic hydroxyl groups is 1. The van der Waals surface area contributed by atoms with Crippen LogP contribution in [0.25, 0.3) is 11.1 Å². The van der Waals surface area contributed by atoms with Gasteiger partial charge in [-0.3, -0.25) is 24.1 Å². The number of benzene rings is 2. The first kappa shape index (κ1) is 28.0. The van der Waals surface area contributed by atoms with Gasteiger partial charge in [0.1, 0.15) is 29.4 Å². The minimum Gasteiger partial charge on any atom is -0.510 e. The molecular weight excluding hydrogens is 534 g/mol. The van der Waals surface area contributed by atoms with Gasteiger partial charge < -0.3 is 36.6 Å². The summed E-state index contributed by atoms with van der Waals surface area (Å²) >= 11 is 0. The normalized spacial score (nSPS) is 25.5. The minimum absolute atomic E-state index is 0.0208. The van der Waals surface area contributed by atoms with E-state index >= 15 is 0 Å². The van der Waals surface area contributed by atoms with E-state index in [0.29, 0.717) is 22.4 Å². The molecule has 8 N–H and O–H groups in total. The second-order valence-electron chi connectivity index (χ2n) is 10.7. The molecule has 2 aromatic rings. The third kappa shape index (κ3) is 4.10. The molecule has 0 bridgehead atoms. The molecule has 12 heteroatoms. The van der Waals surface area contributed by atoms with Gasteiger partial charge in [0.15, 0.2) is 11.4 Å². The maximum atomic E-state index is 13.9. The predicted molar refractivity (Wildman–Crippen MR) is 145 cm³/mol. The molecule has 3 aliphatic rings. The number of likely N-dealkylation sites (N-methyl/N-ethyl adjacent to an activating group) is 1. The number of Topliss-reactive ketones (excluding diaryl/α,β-unsaturated/α-hetero) is 2. The van der Waals surface area contributed by atoms with Crippen LogP contribution >= 0.6 is 0 Å². The number of primary amides is 1. The number of aliphatic hydroxyl groups excluding tert-OH is 3. The highest BCUT2D eigenvalue weighted by atomic mass is 16.3. The summed E-state index contributed by atoms with van der Waals surface area (Å²) in [6, 6.07) is 8.51. The Morgan fingerprint density at radius 3 is 2.32 bits per heavy atom. The fraction of sp³-hybridized carbons (Fsp3) is 0.310. The molecule has 214 valence electrons. The van der Waals surface area contributed by atoms with Crippen molar-refractivity contribution in [3.8, 4) is 16.9 Å². The zero-order chi connectivity index (χ0) is 30.0. The smallest absolute Gasteiger partial charge is 0.255 e. The molecule has 12 nitrogen and oxygen atoms in total. The first-order valence-electron chi connectivity index (χ1n) is 12.8. The average molecular weight is 564 g/mol. The zero-order valence-corrected chi connectivity index (χ0v) is 22.2. The maximum absolute atomic E-state index is 13.9. The summed E-state index contributed by atoms with van der Waals surface area (Å²) in [7, 11) is 3.13. The van der Waals surface area contributed by atoms with Crippen LogP contribution in [0.3, 0.4) is 0 Å². The third-order valence-electron chi connectivity index (χ3n) is 8.23. The molecule has 2 amide bonds. The lowest BCUT2D eigenvalue weighted by Gasteiger charge is -2.50. The van der Waals surface area contributed by atoms with Gasteiger partial charge in [-0.15, -0.1) is 0 Å². The largest absolute Gasteiger partial charge is 0.510 e. The van der Waals surface area contributed by atoms with Gasteiger partial charge in [0.05, 0.1) is 11.6 Å². The standard InChI is InChI=1S/C29H29N3O9/c1-32(2)23-17-10-13-9-16-15(12-3-5-14(6-4-12)31-19(35)11-33)7-8-18(34)21(16)24(36)20(13)26(38)29(17,41)27(39)22(25(23)37)28(30)40/h3-8,13,17,23,33-34,37-38,41H,9-11H2,1-2H3,(H2,30,40)(H,31,35)/t13-,17-,23-,29-/m0/s1. The third-order valence-corrected chi connectivity index (χ3v) is 8.23. The number of phenolic OH excluding ortho intramolecular Hbond substituents is 1. The van der Waals surface area contributed by atoms with E-state index in [9.17, 15) is 39.6 Å². The topological polar surface area (TPSA) is 211 Å². The Kier molecular flexibility index (Phi) is 6.72.